The third-order valence-corrected chi connectivity index (χ3v) is 0.970. The summed E-state index contributed by atoms with van der Waals surface area (Å²) in [5, 5.41) is 8.02. The van der Waals surface area contributed by atoms with Gasteiger partial charge >= 0.3 is 0 Å². The highest BCUT2D eigenvalue weighted by Crippen LogP contribution is 1.91. The first kappa shape index (κ1) is 5.84. The lowest BCUT2D eigenvalue weighted by Gasteiger charge is -1.85. The molecule has 1 unspecified atom stereocenters. The fraction of sp³-hybridized carbons (Fsp3) is 0.750. The van der Waals surface area contributed by atoms with Crippen LogP contribution in [0.5, 0.6) is 0 Å². The highest BCUT2D eigenvalue weighted by Gasteiger charge is 1.90. The van der Waals surface area contributed by atoms with Crippen molar-refractivity contribution in [3.8, 4) is 6.07 Å². The van der Waals surface area contributed by atoms with Crippen molar-refractivity contribution in [2.24, 2.45) is 5.92 Å². The van der Waals surface area contributed by atoms with Gasteiger partial charge in [-0.15, -0.1) is 0 Å². The van der Waals surface area contributed by atoms with E-state index in [0.717, 1.165) is 0 Å². The predicted molar refractivity (Wildman–Crippen MR) is 27.2 cm³/mol. The quantitative estimate of drug-likeness (QED) is 0.488. The largest absolute Gasteiger partial charge is 0.198 e. The Morgan fingerprint density at radius 2 is 2.50 bits per heavy atom. The van der Waals surface area contributed by atoms with Gasteiger partial charge in [0.15, 0.2) is 0 Å². The first-order valence-corrected chi connectivity index (χ1v) is 2.36. The van der Waals surface area contributed by atoms with Crippen LogP contribution in [0.3, 0.4) is 0 Å². The van der Waals surface area contributed by atoms with Gasteiger partial charge in [0.05, 0.1) is 12.0 Å². The van der Waals surface area contributed by atoms with Gasteiger partial charge in [-0.05, 0) is 6.92 Å². The lowest BCUT2D eigenvalue weighted by atomic mass is 10.3. The van der Waals surface area contributed by atoms with Crippen LogP contribution in [0, 0.1) is 17.2 Å². The van der Waals surface area contributed by atoms with Crippen molar-refractivity contribution < 1.29 is 0 Å². The van der Waals surface area contributed by atoms with Crippen LogP contribution in [-0.4, -0.2) is 5.75 Å². The van der Waals surface area contributed by atoms with E-state index < -0.39 is 0 Å². The van der Waals surface area contributed by atoms with Crippen molar-refractivity contribution in [3.05, 3.63) is 0 Å². The van der Waals surface area contributed by atoms with Gasteiger partial charge in [0.2, 0.25) is 0 Å². The summed E-state index contributed by atoms with van der Waals surface area (Å²) >= 11 is 4.55. The molecule has 0 saturated heterocycles. The molecule has 0 aliphatic rings. The van der Waals surface area contributed by atoms with Gasteiger partial charge in [-0.25, -0.2) is 0 Å². The first-order chi connectivity index (χ1) is 2.81. The molecule has 2 heteroatoms. The molecule has 0 aromatic carbocycles. The van der Waals surface area contributed by atoms with E-state index in [9.17, 15) is 0 Å². The molecule has 0 aromatic heterocycles. The number of hydrogen-bond donors (Lipinski definition) is 0. The highest BCUT2D eigenvalue weighted by molar-refractivity contribution is 7.80. The molecule has 0 rings (SSSR count). The van der Waals surface area contributed by atoms with E-state index in [2.05, 4.69) is 12.6 Å². The van der Waals surface area contributed by atoms with Gasteiger partial charge in [-0.3, -0.25) is 0 Å². The average Bonchev–Trinajstić information content (AvgIpc) is 1.65. The SMILES string of the molecule is CC(C#N)C[S]. The van der Waals surface area contributed by atoms with E-state index in [1.807, 2.05) is 13.0 Å². The van der Waals surface area contributed by atoms with Crippen LogP contribution in [0.2, 0.25) is 0 Å². The Kier molecular flexibility index (Phi) is 2.97. The summed E-state index contributed by atoms with van der Waals surface area (Å²) in [5.74, 6) is 0.608. The topological polar surface area (TPSA) is 23.8 Å². The van der Waals surface area contributed by atoms with Crippen LogP contribution >= 0.6 is 12.6 Å². The maximum absolute atomic E-state index is 8.02. The summed E-state index contributed by atoms with van der Waals surface area (Å²) in [7, 11) is 0. The second-order valence-corrected chi connectivity index (χ2v) is 1.53. The summed E-state index contributed by atoms with van der Waals surface area (Å²) in [6, 6.07) is 2.01. The minimum atomic E-state index is 0.0556. The van der Waals surface area contributed by atoms with Crippen molar-refractivity contribution in [1.29, 1.82) is 5.26 Å². The summed E-state index contributed by atoms with van der Waals surface area (Å²) in [6.45, 7) is 1.81. The third-order valence-electron chi connectivity index (χ3n) is 0.470. The number of rotatable bonds is 1. The van der Waals surface area contributed by atoms with E-state index in [0.29, 0.717) is 5.75 Å². The molecule has 0 amide bonds. The third kappa shape index (κ3) is 2.10. The lowest BCUT2D eigenvalue weighted by molar-refractivity contribution is 0.867. The zero-order valence-electron chi connectivity index (χ0n) is 3.64. The molecule has 0 N–H and O–H groups in total. The number of nitriles is 1. The molecule has 0 spiro atoms. The Morgan fingerprint density at radius 3 is 2.50 bits per heavy atom. The second-order valence-electron chi connectivity index (χ2n) is 1.20. The minimum absolute atomic E-state index is 0.0556. The number of hydrogen-bond acceptors (Lipinski definition) is 1. The molecule has 1 nitrogen and oxygen atoms in total. The van der Waals surface area contributed by atoms with Crippen LogP contribution in [0.25, 0.3) is 0 Å². The molecular formula is C4H6NS. The van der Waals surface area contributed by atoms with Gasteiger partial charge in [0.25, 0.3) is 0 Å². The van der Waals surface area contributed by atoms with Crippen LogP contribution in [0.4, 0.5) is 0 Å². The van der Waals surface area contributed by atoms with Crippen molar-refractivity contribution in [2.75, 3.05) is 5.75 Å². The zero-order chi connectivity index (χ0) is 4.99. The molecule has 0 fully saturated rings. The van der Waals surface area contributed by atoms with Crippen LogP contribution in [0.15, 0.2) is 0 Å². The van der Waals surface area contributed by atoms with Gasteiger partial charge in [0.1, 0.15) is 0 Å². The maximum atomic E-state index is 8.02. The van der Waals surface area contributed by atoms with Crippen LogP contribution in [0.1, 0.15) is 6.92 Å². The fourth-order valence-electron chi connectivity index (χ4n) is 0.0373. The van der Waals surface area contributed by atoms with Gasteiger partial charge in [-0.1, -0.05) is 12.6 Å². The van der Waals surface area contributed by atoms with Gasteiger partial charge < -0.3 is 0 Å². The van der Waals surface area contributed by atoms with E-state index in [-0.39, 0.29) is 5.92 Å². The molecule has 0 saturated carbocycles. The molecule has 1 atom stereocenters. The van der Waals surface area contributed by atoms with Crippen LogP contribution in [-0.2, 0) is 0 Å². The van der Waals surface area contributed by atoms with Crippen molar-refractivity contribution in [1.82, 2.24) is 0 Å². The molecule has 0 aromatic rings. The standard InChI is InChI=1S/C4H6NS/c1-4(2-5)3-6/h4H,3H2,1H3. The van der Waals surface area contributed by atoms with E-state index in [1.165, 1.54) is 0 Å². The molecule has 0 heterocycles. The fourth-order valence-corrected chi connectivity index (χ4v) is 0.112. The first-order valence-electron chi connectivity index (χ1n) is 1.79. The van der Waals surface area contributed by atoms with Crippen molar-refractivity contribution in [3.63, 3.8) is 0 Å². The Morgan fingerprint density at radius 1 is 2.00 bits per heavy atom. The molecule has 6 heavy (non-hydrogen) atoms. The summed E-state index contributed by atoms with van der Waals surface area (Å²) < 4.78 is 0. The summed E-state index contributed by atoms with van der Waals surface area (Å²) in [5.41, 5.74) is 0. The highest BCUT2D eigenvalue weighted by atomic mass is 32.1. The summed E-state index contributed by atoms with van der Waals surface area (Å²) in [4.78, 5) is 0. The number of nitrogens with zero attached hydrogens (tertiary/aromatic N) is 1. The lowest BCUT2D eigenvalue weighted by Crippen LogP contribution is -1.87. The molecular weight excluding hydrogens is 94.1 g/mol. The predicted octanol–water partition coefficient (Wildman–Crippen LogP) is 1.34. The Labute approximate surface area is 43.4 Å². The monoisotopic (exact) mass is 100 g/mol. The van der Waals surface area contributed by atoms with Crippen LogP contribution < -0.4 is 0 Å². The van der Waals surface area contributed by atoms with Gasteiger partial charge in [0, 0.05) is 5.75 Å². The van der Waals surface area contributed by atoms with Gasteiger partial charge in [-0.2, -0.15) is 5.26 Å². The van der Waals surface area contributed by atoms with E-state index >= 15 is 0 Å². The van der Waals surface area contributed by atoms with E-state index in [1.54, 1.807) is 0 Å². The molecule has 0 aliphatic carbocycles. The summed E-state index contributed by atoms with van der Waals surface area (Å²) in [6.07, 6.45) is 0. The Bertz CT molecular complexity index is 64.4. The smallest absolute Gasteiger partial charge is 0.0661 e. The molecule has 0 aliphatic heterocycles. The second kappa shape index (κ2) is 3.05. The molecule has 0 bridgehead atoms. The Balaban J connectivity index is 3.04. The normalized spacial score (nSPS) is 12.8. The zero-order valence-corrected chi connectivity index (χ0v) is 4.46. The molecule has 1 radical (unpaired) electrons. The Hall–Kier alpha value is -0.160. The maximum Gasteiger partial charge on any atom is 0.0661 e. The average molecular weight is 100 g/mol. The molecule has 33 valence electrons. The minimum Gasteiger partial charge on any atom is -0.198 e. The van der Waals surface area contributed by atoms with E-state index in [4.69, 9.17) is 5.26 Å². The van der Waals surface area contributed by atoms with Crippen molar-refractivity contribution in [2.45, 2.75) is 6.92 Å². The van der Waals surface area contributed by atoms with Crippen molar-refractivity contribution >= 4 is 12.6 Å².